The molecule has 0 aromatic carbocycles. The van der Waals surface area contributed by atoms with Gasteiger partial charge >= 0.3 is 5.97 Å². The number of aliphatic hydroxyl groups is 2. The van der Waals surface area contributed by atoms with E-state index in [4.69, 9.17) is 24.2 Å². The lowest BCUT2D eigenvalue weighted by atomic mass is 9.78. The van der Waals surface area contributed by atoms with Crippen molar-refractivity contribution in [3.8, 4) is 5.75 Å². The number of halogens is 1. The standard InChI is InChI=1S/C11H11BClNO6/c1-19-6-3-7(13)14-4-5(6)9(15)8(10(16)20-2)11(12,17)18/h3-4,8,17-18H,1-2H3. The van der Waals surface area contributed by atoms with E-state index in [0.717, 1.165) is 13.3 Å². The summed E-state index contributed by atoms with van der Waals surface area (Å²) in [6, 6.07) is 1.23. The summed E-state index contributed by atoms with van der Waals surface area (Å²) in [6.07, 6.45) is 1.03. The number of nitrogens with zero attached hydrogens (tertiary/aromatic N) is 1. The molecule has 0 aliphatic rings. The Labute approximate surface area is 120 Å². The average molecular weight is 299 g/mol. The summed E-state index contributed by atoms with van der Waals surface area (Å²) >= 11 is 5.64. The Morgan fingerprint density at radius 3 is 2.50 bits per heavy atom. The lowest BCUT2D eigenvalue weighted by Crippen LogP contribution is -2.48. The van der Waals surface area contributed by atoms with Crippen LogP contribution in [0, 0.1) is 5.92 Å². The molecule has 2 N–H and O–H groups in total. The van der Waals surface area contributed by atoms with Crippen LogP contribution in [0.2, 0.25) is 5.15 Å². The third kappa shape index (κ3) is 3.47. The first-order chi connectivity index (χ1) is 9.22. The van der Waals surface area contributed by atoms with Gasteiger partial charge in [-0.2, -0.15) is 0 Å². The fourth-order valence-electron chi connectivity index (χ4n) is 1.51. The lowest BCUT2D eigenvalue weighted by Gasteiger charge is -2.25. The molecule has 9 heteroatoms. The van der Waals surface area contributed by atoms with Gasteiger partial charge in [0.2, 0.25) is 0 Å². The number of hydrogen-bond acceptors (Lipinski definition) is 7. The van der Waals surface area contributed by atoms with Crippen molar-refractivity contribution in [3.63, 3.8) is 0 Å². The third-order valence-corrected chi connectivity index (χ3v) is 2.65. The number of carbonyl (C=O) groups excluding carboxylic acids is 2. The summed E-state index contributed by atoms with van der Waals surface area (Å²) in [6.45, 7) is 0. The molecule has 0 bridgehead atoms. The number of hydrogen-bond donors (Lipinski definition) is 2. The number of ether oxygens (including phenoxy) is 2. The minimum Gasteiger partial charge on any atom is -0.496 e. The molecule has 0 fully saturated rings. The van der Waals surface area contributed by atoms with Gasteiger partial charge in [-0.3, -0.25) is 9.59 Å². The molecule has 1 atom stereocenters. The topological polar surface area (TPSA) is 106 Å². The number of pyridine rings is 1. The second-order valence-corrected chi connectivity index (χ2v) is 4.20. The van der Waals surface area contributed by atoms with Crippen LogP contribution >= 0.6 is 11.6 Å². The van der Waals surface area contributed by atoms with E-state index in [9.17, 15) is 19.8 Å². The van der Waals surface area contributed by atoms with Crippen LogP contribution in [0.1, 0.15) is 10.4 Å². The first-order valence-corrected chi connectivity index (χ1v) is 5.65. The molecule has 7 nitrogen and oxygen atoms in total. The molecule has 0 spiro atoms. The first kappa shape index (κ1) is 16.4. The molecule has 1 unspecified atom stereocenters. The third-order valence-electron chi connectivity index (χ3n) is 2.44. The highest BCUT2D eigenvalue weighted by atomic mass is 35.5. The van der Waals surface area contributed by atoms with E-state index < -0.39 is 23.4 Å². The fraction of sp³-hybridized carbons (Fsp3) is 0.364. The summed E-state index contributed by atoms with van der Waals surface area (Å²) in [7, 11) is 7.26. The van der Waals surface area contributed by atoms with Crippen molar-refractivity contribution in [1.29, 1.82) is 0 Å². The molecule has 1 aromatic heterocycles. The van der Waals surface area contributed by atoms with Gasteiger partial charge in [-0.15, -0.1) is 0 Å². The van der Waals surface area contributed by atoms with Crippen molar-refractivity contribution in [2.75, 3.05) is 14.2 Å². The van der Waals surface area contributed by atoms with Crippen molar-refractivity contribution in [1.82, 2.24) is 4.98 Å². The van der Waals surface area contributed by atoms with Crippen LogP contribution < -0.4 is 4.74 Å². The zero-order valence-electron chi connectivity index (χ0n) is 10.7. The number of ketones is 1. The highest BCUT2D eigenvalue weighted by molar-refractivity contribution is 6.29. The van der Waals surface area contributed by atoms with Gasteiger partial charge in [0.15, 0.2) is 19.5 Å². The normalized spacial score (nSPS) is 12.7. The predicted octanol–water partition coefficient (Wildman–Crippen LogP) is -0.478. The summed E-state index contributed by atoms with van der Waals surface area (Å²) in [5.74, 6) is -4.28. The van der Waals surface area contributed by atoms with Gasteiger partial charge in [0.25, 0.3) is 0 Å². The Balaban J connectivity index is 3.30. The molecule has 0 saturated heterocycles. The Morgan fingerprint density at radius 2 is 2.05 bits per heavy atom. The number of Topliss-reactive ketones (excluding diaryl/α,β-unsaturated/α-hetero) is 1. The molecular formula is C11H11BClNO6. The second-order valence-electron chi connectivity index (χ2n) is 3.81. The second kappa shape index (κ2) is 6.21. The largest absolute Gasteiger partial charge is 0.496 e. The summed E-state index contributed by atoms with van der Waals surface area (Å²) in [5, 5.41) is 18.8. The maximum Gasteiger partial charge on any atom is 0.321 e. The molecule has 1 aromatic rings. The predicted molar refractivity (Wildman–Crippen MR) is 68.6 cm³/mol. The Morgan fingerprint density at radius 1 is 1.45 bits per heavy atom. The molecule has 106 valence electrons. The van der Waals surface area contributed by atoms with Crippen LogP contribution in [0.5, 0.6) is 5.75 Å². The van der Waals surface area contributed by atoms with E-state index in [1.54, 1.807) is 0 Å². The van der Waals surface area contributed by atoms with Crippen LogP contribution in [0.3, 0.4) is 0 Å². The molecule has 1 heterocycles. The summed E-state index contributed by atoms with van der Waals surface area (Å²) < 4.78 is 9.25. The van der Waals surface area contributed by atoms with Gasteiger partial charge < -0.3 is 19.7 Å². The minimum absolute atomic E-state index is 0.00755. The van der Waals surface area contributed by atoms with Gasteiger partial charge in [0.1, 0.15) is 16.6 Å². The van der Waals surface area contributed by atoms with E-state index >= 15 is 0 Å². The number of aromatic nitrogens is 1. The maximum absolute atomic E-state index is 12.2. The summed E-state index contributed by atoms with van der Waals surface area (Å²) in [5.41, 5.74) is -3.28. The van der Waals surface area contributed by atoms with Gasteiger partial charge in [0, 0.05) is 12.3 Å². The van der Waals surface area contributed by atoms with Crippen molar-refractivity contribution in [2.24, 2.45) is 5.92 Å². The van der Waals surface area contributed by atoms with Crippen molar-refractivity contribution < 1.29 is 29.3 Å². The van der Waals surface area contributed by atoms with Crippen molar-refractivity contribution in [2.45, 2.75) is 5.69 Å². The maximum atomic E-state index is 12.2. The molecule has 0 aliphatic carbocycles. The number of carbonyl (C=O) groups is 2. The molecular weight excluding hydrogens is 288 g/mol. The monoisotopic (exact) mass is 299 g/mol. The van der Waals surface area contributed by atoms with Crippen LogP contribution in [-0.4, -0.2) is 54.7 Å². The highest BCUT2D eigenvalue weighted by Crippen LogP contribution is 2.27. The van der Waals surface area contributed by atoms with E-state index in [0.29, 0.717) is 0 Å². The van der Waals surface area contributed by atoms with Crippen LogP contribution in [-0.2, 0) is 9.53 Å². The van der Waals surface area contributed by atoms with E-state index in [1.165, 1.54) is 13.2 Å². The van der Waals surface area contributed by atoms with Crippen LogP contribution in [0.25, 0.3) is 0 Å². The fourth-order valence-corrected chi connectivity index (χ4v) is 1.66. The molecule has 20 heavy (non-hydrogen) atoms. The van der Waals surface area contributed by atoms with Gasteiger partial charge in [-0.05, 0) is 0 Å². The molecule has 0 amide bonds. The number of esters is 1. The molecule has 0 saturated carbocycles. The van der Waals surface area contributed by atoms with Gasteiger partial charge in [0.05, 0.1) is 19.8 Å². The van der Waals surface area contributed by atoms with E-state index in [-0.39, 0.29) is 16.5 Å². The molecule has 2 radical (unpaired) electrons. The SMILES string of the molecule is [B]C(O)(O)C(C(=O)OC)C(=O)c1cnc(Cl)cc1OC. The summed E-state index contributed by atoms with van der Waals surface area (Å²) in [4.78, 5) is 27.4. The lowest BCUT2D eigenvalue weighted by molar-refractivity contribution is -0.166. The molecule has 1 rings (SSSR count). The first-order valence-electron chi connectivity index (χ1n) is 5.27. The molecule has 0 aliphatic heterocycles. The number of methoxy groups -OCH3 is 2. The highest BCUT2D eigenvalue weighted by Gasteiger charge is 2.43. The van der Waals surface area contributed by atoms with Crippen LogP contribution in [0.15, 0.2) is 12.3 Å². The average Bonchev–Trinajstić information content (AvgIpc) is 2.36. The Hall–Kier alpha value is -1.64. The zero-order chi connectivity index (χ0) is 15.5. The van der Waals surface area contributed by atoms with Gasteiger partial charge in [-0.1, -0.05) is 11.6 Å². The zero-order valence-corrected chi connectivity index (χ0v) is 11.4. The number of rotatable bonds is 5. The van der Waals surface area contributed by atoms with Crippen molar-refractivity contribution in [3.05, 3.63) is 23.0 Å². The van der Waals surface area contributed by atoms with Gasteiger partial charge in [-0.25, -0.2) is 4.98 Å². The quantitative estimate of drug-likeness (QED) is 0.189. The van der Waals surface area contributed by atoms with E-state index in [2.05, 4.69) is 9.72 Å². The Kier molecular flexibility index (Phi) is 5.10. The van der Waals surface area contributed by atoms with E-state index in [1.807, 2.05) is 0 Å². The Bertz CT molecular complexity index is 530. The van der Waals surface area contributed by atoms with Crippen LogP contribution in [0.4, 0.5) is 0 Å². The van der Waals surface area contributed by atoms with Crippen molar-refractivity contribution >= 4 is 31.2 Å². The smallest absolute Gasteiger partial charge is 0.321 e. The minimum atomic E-state index is -3.09.